The number of nitrogens with zero attached hydrogens (tertiary/aromatic N) is 2. The number of rotatable bonds is 3. The Hall–Kier alpha value is -0.810. The molecule has 3 atom stereocenters. The lowest BCUT2D eigenvalue weighted by molar-refractivity contribution is 0.0144. The number of hydrogen-bond donors (Lipinski definition) is 3. The van der Waals surface area contributed by atoms with Crippen LogP contribution in [-0.4, -0.2) is 46.3 Å². The summed E-state index contributed by atoms with van der Waals surface area (Å²) in [7, 11) is 0. The summed E-state index contributed by atoms with van der Waals surface area (Å²) in [5.41, 5.74) is 5.45. The molecule has 1 aliphatic rings. The minimum atomic E-state index is -0.256. The molecule has 0 saturated carbocycles. The van der Waals surface area contributed by atoms with Crippen LogP contribution in [0.1, 0.15) is 26.7 Å². The SMILES string of the molecule is CC1CCN(C(C)CC(N)=NO)CC1O. The Labute approximate surface area is 90.6 Å². The number of likely N-dealkylation sites (tertiary alicyclic amines) is 1. The molecule has 4 N–H and O–H groups in total. The van der Waals surface area contributed by atoms with Crippen molar-refractivity contribution in [3.8, 4) is 0 Å². The average Bonchev–Trinajstić information content (AvgIpc) is 2.21. The highest BCUT2D eigenvalue weighted by molar-refractivity contribution is 5.80. The van der Waals surface area contributed by atoms with Gasteiger partial charge in [-0.2, -0.15) is 0 Å². The topological polar surface area (TPSA) is 82.1 Å². The van der Waals surface area contributed by atoms with Gasteiger partial charge in [0.2, 0.25) is 0 Å². The number of aliphatic hydroxyl groups excluding tert-OH is 1. The highest BCUT2D eigenvalue weighted by Crippen LogP contribution is 2.19. The maximum Gasteiger partial charge on any atom is 0.140 e. The Balaban J connectivity index is 2.44. The number of piperidine rings is 1. The first-order valence-corrected chi connectivity index (χ1v) is 5.43. The van der Waals surface area contributed by atoms with Crippen LogP contribution < -0.4 is 5.73 Å². The van der Waals surface area contributed by atoms with Gasteiger partial charge < -0.3 is 16.0 Å². The van der Waals surface area contributed by atoms with Gasteiger partial charge in [-0.3, -0.25) is 4.90 Å². The van der Waals surface area contributed by atoms with Crippen molar-refractivity contribution in [2.45, 2.75) is 38.8 Å². The molecule has 0 aromatic carbocycles. The van der Waals surface area contributed by atoms with Gasteiger partial charge in [-0.25, -0.2) is 0 Å². The monoisotopic (exact) mass is 215 g/mol. The first-order chi connectivity index (χ1) is 7.04. The van der Waals surface area contributed by atoms with Crippen LogP contribution in [0.4, 0.5) is 0 Å². The van der Waals surface area contributed by atoms with Crippen LogP contribution in [0.15, 0.2) is 5.16 Å². The zero-order valence-corrected chi connectivity index (χ0v) is 9.43. The minimum Gasteiger partial charge on any atom is -0.409 e. The number of aliphatic hydroxyl groups is 1. The highest BCUT2D eigenvalue weighted by atomic mass is 16.4. The van der Waals surface area contributed by atoms with Crippen molar-refractivity contribution in [3.63, 3.8) is 0 Å². The normalized spacial score (nSPS) is 31.5. The van der Waals surface area contributed by atoms with Crippen molar-refractivity contribution in [3.05, 3.63) is 0 Å². The van der Waals surface area contributed by atoms with E-state index in [0.29, 0.717) is 18.9 Å². The van der Waals surface area contributed by atoms with Gasteiger partial charge in [0, 0.05) is 19.0 Å². The van der Waals surface area contributed by atoms with Gasteiger partial charge in [0.25, 0.3) is 0 Å². The predicted octanol–water partition coefficient (Wildman–Crippen LogP) is 0.214. The molecule has 5 nitrogen and oxygen atoms in total. The summed E-state index contributed by atoms with van der Waals surface area (Å²) in [5, 5.41) is 21.2. The van der Waals surface area contributed by atoms with Gasteiger partial charge in [-0.1, -0.05) is 12.1 Å². The predicted molar refractivity (Wildman–Crippen MR) is 58.8 cm³/mol. The molecule has 0 spiro atoms. The third-order valence-electron chi connectivity index (χ3n) is 3.21. The van der Waals surface area contributed by atoms with Crippen molar-refractivity contribution in [2.75, 3.05) is 13.1 Å². The molecular formula is C10H21N3O2. The van der Waals surface area contributed by atoms with E-state index in [1.54, 1.807) is 0 Å². The molecule has 0 amide bonds. The largest absolute Gasteiger partial charge is 0.409 e. The van der Waals surface area contributed by atoms with Crippen molar-refractivity contribution in [1.82, 2.24) is 4.90 Å². The summed E-state index contributed by atoms with van der Waals surface area (Å²) < 4.78 is 0. The molecular weight excluding hydrogens is 194 g/mol. The van der Waals surface area contributed by atoms with Gasteiger partial charge in [0.1, 0.15) is 5.84 Å². The first kappa shape index (κ1) is 12.3. The lowest BCUT2D eigenvalue weighted by Crippen LogP contribution is -2.47. The Bertz CT molecular complexity index is 233. The standard InChI is InChI=1S/C10H21N3O2/c1-7-3-4-13(6-9(7)14)8(2)5-10(11)12-15/h7-9,14-15H,3-6H2,1-2H3,(H2,11,12). The molecule has 1 saturated heterocycles. The second kappa shape index (κ2) is 5.32. The summed E-state index contributed by atoms with van der Waals surface area (Å²) in [6, 6.07) is 0.211. The Kier molecular flexibility index (Phi) is 4.35. The fourth-order valence-electron chi connectivity index (χ4n) is 1.95. The van der Waals surface area contributed by atoms with Crippen LogP contribution >= 0.6 is 0 Å². The van der Waals surface area contributed by atoms with E-state index < -0.39 is 0 Å². The molecule has 0 aliphatic carbocycles. The van der Waals surface area contributed by atoms with Crippen molar-refractivity contribution < 1.29 is 10.3 Å². The van der Waals surface area contributed by atoms with Crippen LogP contribution in [0.3, 0.4) is 0 Å². The van der Waals surface area contributed by atoms with E-state index in [0.717, 1.165) is 13.0 Å². The van der Waals surface area contributed by atoms with E-state index in [-0.39, 0.29) is 18.0 Å². The zero-order chi connectivity index (χ0) is 11.4. The van der Waals surface area contributed by atoms with Crippen molar-refractivity contribution in [1.29, 1.82) is 0 Å². The summed E-state index contributed by atoms with van der Waals surface area (Å²) in [5.74, 6) is 0.618. The number of nitrogens with two attached hydrogens (primary N) is 1. The Morgan fingerprint density at radius 2 is 2.33 bits per heavy atom. The van der Waals surface area contributed by atoms with E-state index >= 15 is 0 Å². The molecule has 0 aromatic rings. The second-order valence-electron chi connectivity index (χ2n) is 4.47. The Morgan fingerprint density at radius 3 is 2.87 bits per heavy atom. The summed E-state index contributed by atoms with van der Waals surface area (Å²) in [4.78, 5) is 2.18. The highest BCUT2D eigenvalue weighted by Gasteiger charge is 2.27. The lowest BCUT2D eigenvalue weighted by atomic mass is 9.94. The van der Waals surface area contributed by atoms with E-state index in [9.17, 15) is 5.11 Å². The molecule has 5 heteroatoms. The minimum absolute atomic E-state index is 0.211. The van der Waals surface area contributed by atoms with E-state index in [1.807, 2.05) is 6.92 Å². The van der Waals surface area contributed by atoms with Gasteiger partial charge in [-0.05, 0) is 25.8 Å². The molecule has 1 fully saturated rings. The molecule has 1 heterocycles. The first-order valence-electron chi connectivity index (χ1n) is 5.43. The smallest absolute Gasteiger partial charge is 0.140 e. The molecule has 88 valence electrons. The third kappa shape index (κ3) is 3.35. The van der Waals surface area contributed by atoms with Gasteiger partial charge in [0.15, 0.2) is 0 Å². The number of amidine groups is 1. The molecule has 0 aromatic heterocycles. The maximum atomic E-state index is 9.74. The van der Waals surface area contributed by atoms with E-state index in [2.05, 4.69) is 17.0 Å². The second-order valence-corrected chi connectivity index (χ2v) is 4.47. The summed E-state index contributed by atoms with van der Waals surface area (Å²) in [6.07, 6.45) is 1.28. The fraction of sp³-hybridized carbons (Fsp3) is 0.900. The molecule has 0 radical (unpaired) electrons. The molecule has 1 aliphatic heterocycles. The van der Waals surface area contributed by atoms with E-state index in [1.165, 1.54) is 0 Å². The van der Waals surface area contributed by atoms with Crippen LogP contribution in [0, 0.1) is 5.92 Å². The molecule has 1 rings (SSSR count). The van der Waals surface area contributed by atoms with Crippen LogP contribution in [0.5, 0.6) is 0 Å². The zero-order valence-electron chi connectivity index (χ0n) is 9.43. The fourth-order valence-corrected chi connectivity index (χ4v) is 1.95. The molecule has 15 heavy (non-hydrogen) atoms. The Morgan fingerprint density at radius 1 is 1.67 bits per heavy atom. The van der Waals surface area contributed by atoms with Gasteiger partial charge in [-0.15, -0.1) is 0 Å². The summed E-state index contributed by atoms with van der Waals surface area (Å²) >= 11 is 0. The third-order valence-corrected chi connectivity index (χ3v) is 3.21. The average molecular weight is 215 g/mol. The van der Waals surface area contributed by atoms with Crippen LogP contribution in [-0.2, 0) is 0 Å². The van der Waals surface area contributed by atoms with Gasteiger partial charge >= 0.3 is 0 Å². The number of oxime groups is 1. The van der Waals surface area contributed by atoms with Crippen LogP contribution in [0.2, 0.25) is 0 Å². The van der Waals surface area contributed by atoms with E-state index in [4.69, 9.17) is 10.9 Å². The summed E-state index contributed by atoms with van der Waals surface area (Å²) in [6.45, 7) is 5.75. The molecule has 0 bridgehead atoms. The van der Waals surface area contributed by atoms with Crippen molar-refractivity contribution >= 4 is 5.84 Å². The number of β-amino-alcohol motifs (C(OH)–C–C–N with tert-alkyl or cyclic N) is 1. The van der Waals surface area contributed by atoms with Gasteiger partial charge in [0.05, 0.1) is 6.10 Å². The number of hydrogen-bond acceptors (Lipinski definition) is 4. The van der Waals surface area contributed by atoms with Crippen molar-refractivity contribution in [2.24, 2.45) is 16.8 Å². The maximum absolute atomic E-state index is 9.74. The molecule has 3 unspecified atom stereocenters. The van der Waals surface area contributed by atoms with Crippen LogP contribution in [0.25, 0.3) is 0 Å². The quantitative estimate of drug-likeness (QED) is 0.272. The lowest BCUT2D eigenvalue weighted by Gasteiger charge is -2.37.